The minimum atomic E-state index is -1.15. The Hall–Kier alpha value is -2.95. The number of ether oxygens (including phenoxy) is 1. The Morgan fingerprint density at radius 2 is 1.54 bits per heavy atom. The summed E-state index contributed by atoms with van der Waals surface area (Å²) in [5.41, 5.74) is 4.46. The number of carbonyl (C=O) groups is 2. The van der Waals surface area contributed by atoms with Gasteiger partial charge in [-0.15, -0.1) is 4.58 Å². The van der Waals surface area contributed by atoms with E-state index in [1.807, 2.05) is 36.4 Å². The zero-order valence-electron chi connectivity index (χ0n) is 13.5. The van der Waals surface area contributed by atoms with Gasteiger partial charge in [-0.05, 0) is 22.3 Å². The van der Waals surface area contributed by atoms with E-state index < -0.39 is 12.1 Å². The second-order valence-electron chi connectivity index (χ2n) is 5.75. The number of carboxylic acid groups (broad SMARTS) is 1. The molecule has 0 saturated heterocycles. The summed E-state index contributed by atoms with van der Waals surface area (Å²) >= 11 is 0. The number of benzene rings is 2. The van der Waals surface area contributed by atoms with Crippen molar-refractivity contribution in [3.8, 4) is 11.1 Å². The highest BCUT2D eigenvalue weighted by molar-refractivity contribution is 6.32. The Labute approximate surface area is 139 Å². The molecule has 1 aliphatic carbocycles. The molecule has 122 valence electrons. The number of hydrogen-bond donors (Lipinski definition) is 1. The largest absolute Gasteiger partial charge is 0.596 e. The van der Waals surface area contributed by atoms with Gasteiger partial charge in [-0.3, -0.25) is 0 Å². The number of fused-ring (bicyclic) bond motifs is 3. The minimum absolute atomic E-state index is 0.0418. The third-order valence-electron chi connectivity index (χ3n) is 4.42. The van der Waals surface area contributed by atoms with Crippen molar-refractivity contribution in [1.82, 2.24) is 0 Å². The topological polar surface area (TPSA) is 66.6 Å². The molecular formula is C19H18NO4+. The zero-order valence-corrected chi connectivity index (χ0v) is 13.5. The first-order valence-electron chi connectivity index (χ1n) is 7.66. The summed E-state index contributed by atoms with van der Waals surface area (Å²) in [5, 5.41) is 8.95. The predicted octanol–water partition coefficient (Wildman–Crippen LogP) is 3.12. The van der Waals surface area contributed by atoms with Crippen LogP contribution in [0.25, 0.3) is 11.1 Å². The summed E-state index contributed by atoms with van der Waals surface area (Å²) in [6, 6.07) is 16.1. The summed E-state index contributed by atoms with van der Waals surface area (Å²) < 4.78 is 6.38. The highest BCUT2D eigenvalue weighted by atomic mass is 16.5. The lowest BCUT2D eigenvalue weighted by Gasteiger charge is -2.12. The molecule has 3 rings (SSSR count). The molecule has 5 nitrogen and oxygen atoms in total. The highest BCUT2D eigenvalue weighted by Gasteiger charge is 2.31. The first-order chi connectivity index (χ1) is 11.5. The maximum absolute atomic E-state index is 12.1. The van der Waals surface area contributed by atoms with Crippen molar-refractivity contribution in [2.75, 3.05) is 13.7 Å². The van der Waals surface area contributed by atoms with Crippen molar-refractivity contribution in [2.24, 2.45) is 0 Å². The van der Waals surface area contributed by atoms with Crippen LogP contribution in [0.1, 0.15) is 24.0 Å². The summed E-state index contributed by atoms with van der Waals surface area (Å²) in [7, 11) is 1.39. The van der Waals surface area contributed by atoms with Gasteiger partial charge in [0.25, 0.3) is 5.71 Å². The normalized spacial score (nSPS) is 13.8. The molecule has 0 atom stereocenters. The number of amides is 1. The molecule has 24 heavy (non-hydrogen) atoms. The van der Waals surface area contributed by atoms with E-state index in [0.717, 1.165) is 26.8 Å². The summed E-state index contributed by atoms with van der Waals surface area (Å²) in [6.07, 6.45) is -0.670. The molecule has 0 heterocycles. The highest BCUT2D eigenvalue weighted by Crippen LogP contribution is 2.44. The van der Waals surface area contributed by atoms with E-state index in [9.17, 15) is 9.59 Å². The molecule has 0 fully saturated rings. The summed E-state index contributed by atoms with van der Waals surface area (Å²) in [4.78, 5) is 23.0. The SMILES string of the molecule is C/C(C(=O)O)=[N+](/C)C(=O)OCC1c2ccccc2-c2ccccc21. The number of aliphatic carboxylic acids is 1. The average molecular weight is 324 g/mol. The second-order valence-corrected chi connectivity index (χ2v) is 5.75. The smallest absolute Gasteiger partial charge is 0.474 e. The quantitative estimate of drug-likeness (QED) is 0.696. The van der Waals surface area contributed by atoms with Gasteiger partial charge in [0, 0.05) is 12.8 Å². The van der Waals surface area contributed by atoms with Crippen LogP contribution in [-0.4, -0.2) is 41.1 Å². The molecule has 2 aromatic carbocycles. The zero-order chi connectivity index (χ0) is 17.3. The molecule has 5 heteroatoms. The fourth-order valence-electron chi connectivity index (χ4n) is 2.97. The Bertz CT molecular complexity index is 808. The Kier molecular flexibility index (Phi) is 4.16. The van der Waals surface area contributed by atoms with Crippen LogP contribution in [0.15, 0.2) is 48.5 Å². The van der Waals surface area contributed by atoms with Gasteiger partial charge >= 0.3 is 12.1 Å². The fraction of sp³-hybridized carbons (Fsp3) is 0.211. The van der Waals surface area contributed by atoms with Crippen molar-refractivity contribution < 1.29 is 24.0 Å². The van der Waals surface area contributed by atoms with Crippen molar-refractivity contribution >= 4 is 17.8 Å². The molecule has 1 aliphatic rings. The van der Waals surface area contributed by atoms with E-state index in [4.69, 9.17) is 9.84 Å². The molecule has 0 spiro atoms. The first kappa shape index (κ1) is 15.9. The molecule has 1 N–H and O–H groups in total. The molecule has 0 aliphatic heterocycles. The van der Waals surface area contributed by atoms with Crippen LogP contribution in [0.5, 0.6) is 0 Å². The average Bonchev–Trinajstić information content (AvgIpc) is 2.92. The Balaban J connectivity index is 1.85. The van der Waals surface area contributed by atoms with Gasteiger partial charge in [0.15, 0.2) is 0 Å². The van der Waals surface area contributed by atoms with Gasteiger partial charge < -0.3 is 9.84 Å². The third kappa shape index (κ3) is 2.69. The van der Waals surface area contributed by atoms with Crippen LogP contribution in [0.4, 0.5) is 4.79 Å². The summed E-state index contributed by atoms with van der Waals surface area (Å²) in [5.74, 6) is -1.19. The molecule has 0 radical (unpaired) electrons. The van der Waals surface area contributed by atoms with Gasteiger partial charge in [-0.1, -0.05) is 48.5 Å². The lowest BCUT2D eigenvalue weighted by atomic mass is 9.98. The van der Waals surface area contributed by atoms with Crippen LogP contribution in [0.3, 0.4) is 0 Å². The lowest BCUT2D eigenvalue weighted by molar-refractivity contribution is -0.414. The lowest BCUT2D eigenvalue weighted by Crippen LogP contribution is -2.29. The van der Waals surface area contributed by atoms with Gasteiger partial charge in [0.2, 0.25) is 0 Å². The monoisotopic (exact) mass is 324 g/mol. The van der Waals surface area contributed by atoms with Crippen molar-refractivity contribution in [3.63, 3.8) is 0 Å². The van der Waals surface area contributed by atoms with Crippen LogP contribution in [0.2, 0.25) is 0 Å². The van der Waals surface area contributed by atoms with Gasteiger partial charge in [-0.25, -0.2) is 4.79 Å². The minimum Gasteiger partial charge on any atom is -0.474 e. The van der Waals surface area contributed by atoms with E-state index in [1.54, 1.807) is 0 Å². The molecule has 0 saturated carbocycles. The van der Waals surface area contributed by atoms with Crippen LogP contribution in [0, 0.1) is 0 Å². The second kappa shape index (κ2) is 6.28. The van der Waals surface area contributed by atoms with Gasteiger partial charge in [-0.2, -0.15) is 4.79 Å². The first-order valence-corrected chi connectivity index (χ1v) is 7.66. The van der Waals surface area contributed by atoms with E-state index in [0.29, 0.717) is 0 Å². The number of carbonyl (C=O) groups excluding carboxylic acids is 1. The van der Waals surface area contributed by atoms with Gasteiger partial charge in [0.05, 0.1) is 0 Å². The van der Waals surface area contributed by atoms with Crippen molar-refractivity contribution in [2.45, 2.75) is 12.8 Å². The van der Waals surface area contributed by atoms with Crippen LogP contribution < -0.4 is 0 Å². The number of rotatable bonds is 3. The maximum atomic E-state index is 12.1. The molecule has 0 aromatic heterocycles. The molecular weight excluding hydrogens is 306 g/mol. The van der Waals surface area contributed by atoms with Crippen molar-refractivity contribution in [3.05, 3.63) is 59.7 Å². The van der Waals surface area contributed by atoms with E-state index >= 15 is 0 Å². The Morgan fingerprint density at radius 3 is 2.04 bits per heavy atom. The summed E-state index contributed by atoms with van der Waals surface area (Å²) in [6.45, 7) is 1.54. The third-order valence-corrected chi connectivity index (χ3v) is 4.42. The van der Waals surface area contributed by atoms with Crippen molar-refractivity contribution in [1.29, 1.82) is 0 Å². The van der Waals surface area contributed by atoms with Crippen LogP contribution in [-0.2, 0) is 9.53 Å². The molecule has 1 amide bonds. The predicted molar refractivity (Wildman–Crippen MR) is 89.6 cm³/mol. The Morgan fingerprint density at radius 1 is 1.04 bits per heavy atom. The number of hydrogen-bond acceptors (Lipinski definition) is 3. The van der Waals surface area contributed by atoms with Gasteiger partial charge in [0.1, 0.15) is 13.7 Å². The molecule has 2 aromatic rings. The maximum Gasteiger partial charge on any atom is 0.596 e. The fourth-order valence-corrected chi connectivity index (χ4v) is 2.97. The molecule has 0 bridgehead atoms. The molecule has 0 unspecified atom stereocenters. The van der Waals surface area contributed by atoms with E-state index in [1.165, 1.54) is 14.0 Å². The number of nitrogens with zero attached hydrogens (tertiary/aromatic N) is 1. The standard InChI is InChI=1S/C19H17NO4/c1-12(18(21)22)20(2)19(23)24-11-17-15-9-5-3-7-13(15)14-8-4-6-10-16(14)17/h3-10,17H,11H2,1-2H3/p+1/b20-12+. The number of carboxylic acids is 1. The van der Waals surface area contributed by atoms with Crippen LogP contribution >= 0.6 is 0 Å². The van der Waals surface area contributed by atoms with E-state index in [-0.39, 0.29) is 18.2 Å². The van der Waals surface area contributed by atoms with E-state index in [2.05, 4.69) is 12.1 Å².